The third kappa shape index (κ3) is 5.47. The average molecular weight is 759 g/mol. The molecule has 4 atom stereocenters. The zero-order chi connectivity index (χ0) is 36.7. The van der Waals surface area contributed by atoms with E-state index in [0.717, 1.165) is 23.2 Å². The maximum Gasteiger partial charge on any atom is -0.00606 e. The highest BCUT2D eigenvalue weighted by Crippen LogP contribution is 2.65. The number of fused-ring (bicyclic) bond motifs is 14. The van der Waals surface area contributed by atoms with Crippen LogP contribution in [-0.4, -0.2) is 11.3 Å². The van der Waals surface area contributed by atoms with E-state index in [1.165, 1.54) is 129 Å². The van der Waals surface area contributed by atoms with Gasteiger partial charge in [0.05, 0.1) is 0 Å². The van der Waals surface area contributed by atoms with Gasteiger partial charge in [0, 0.05) is 0 Å². The molecule has 2 fully saturated rings. The molecule has 0 saturated heterocycles. The van der Waals surface area contributed by atoms with E-state index in [2.05, 4.69) is 146 Å². The highest BCUT2D eigenvalue weighted by Gasteiger charge is 2.43. The molecule has 2 aliphatic carbocycles. The third-order valence-electron chi connectivity index (χ3n) is 14.6. The summed E-state index contributed by atoms with van der Waals surface area (Å²) in [6.45, 7) is 0. The van der Waals surface area contributed by atoms with Crippen LogP contribution in [-0.2, 0) is 24.6 Å². The molecule has 2 aliphatic heterocycles. The minimum atomic E-state index is -0.170. The predicted octanol–water partition coefficient (Wildman–Crippen LogP) is 15.7. The summed E-state index contributed by atoms with van der Waals surface area (Å²) in [5, 5.41) is 11.2. The van der Waals surface area contributed by atoms with Crippen molar-refractivity contribution in [3.63, 3.8) is 0 Å². The maximum absolute atomic E-state index is 2.52. The standard InChI is InChI=1S/C54H48P2/c1-5-14-46-35(10-1)20-24-40-31-55(32-41-25-21-36-11-2-6-15-47(36)52(41)51(40)46)44-29-28-39(30-44)45-18-9-19-50(45)56-33-42-26-22-37-12-3-7-16-48(37)53(42)54-43(34-56)27-23-38-13-4-8-17-49(38)54/h1-8,10-17,20-27,39,44-45,50H,9,18-19,28-34H2/t39?,44-,45?,50-/m1/s1. The Morgan fingerprint density at radius 1 is 0.357 bits per heavy atom. The van der Waals surface area contributed by atoms with Crippen LogP contribution in [0, 0.1) is 11.8 Å². The Balaban J connectivity index is 0.882. The van der Waals surface area contributed by atoms with Crippen LogP contribution in [0.2, 0.25) is 0 Å². The molecule has 2 saturated carbocycles. The lowest BCUT2D eigenvalue weighted by atomic mass is 9.88. The fraction of sp³-hybridized carbons (Fsp3) is 0.259. The maximum atomic E-state index is 2.52. The van der Waals surface area contributed by atoms with Crippen LogP contribution in [0.1, 0.15) is 60.8 Å². The normalized spacial score (nSPS) is 22.5. The van der Waals surface area contributed by atoms with Gasteiger partial charge in [0.1, 0.15) is 0 Å². The van der Waals surface area contributed by atoms with Gasteiger partial charge in [-0.3, -0.25) is 0 Å². The van der Waals surface area contributed by atoms with Gasteiger partial charge in [-0.1, -0.05) is 168 Å². The molecule has 4 aliphatic rings. The van der Waals surface area contributed by atoms with Gasteiger partial charge in [-0.15, -0.1) is 0 Å². The molecule has 0 amide bonds. The molecule has 0 radical (unpaired) electrons. The number of rotatable bonds is 3. The summed E-state index contributed by atoms with van der Waals surface area (Å²) < 4.78 is 0. The molecular formula is C54H48P2. The van der Waals surface area contributed by atoms with E-state index in [1.807, 2.05) is 0 Å². The highest BCUT2D eigenvalue weighted by molar-refractivity contribution is 7.57. The van der Waals surface area contributed by atoms with Gasteiger partial charge in [0.25, 0.3) is 0 Å². The monoisotopic (exact) mass is 758 g/mol. The van der Waals surface area contributed by atoms with Gasteiger partial charge >= 0.3 is 0 Å². The van der Waals surface area contributed by atoms with Crippen molar-refractivity contribution >= 4 is 58.9 Å². The van der Waals surface area contributed by atoms with Gasteiger partial charge in [0.2, 0.25) is 0 Å². The van der Waals surface area contributed by atoms with Crippen LogP contribution >= 0.6 is 15.8 Å². The van der Waals surface area contributed by atoms with Gasteiger partial charge in [-0.25, -0.2) is 0 Å². The van der Waals surface area contributed by atoms with Crippen molar-refractivity contribution in [1.29, 1.82) is 0 Å². The van der Waals surface area contributed by atoms with Crippen molar-refractivity contribution < 1.29 is 0 Å². The topological polar surface area (TPSA) is 0 Å². The molecule has 274 valence electrons. The predicted molar refractivity (Wildman–Crippen MR) is 245 cm³/mol. The fourth-order valence-electron chi connectivity index (χ4n) is 12.1. The van der Waals surface area contributed by atoms with Crippen LogP contribution in [0.15, 0.2) is 146 Å². The summed E-state index contributed by atoms with van der Waals surface area (Å²) >= 11 is 0. The van der Waals surface area contributed by atoms with Crippen molar-refractivity contribution in [2.45, 2.75) is 74.5 Å². The number of hydrogen-bond acceptors (Lipinski definition) is 0. The Labute approximate surface area is 333 Å². The Bertz CT molecular complexity index is 2660. The summed E-state index contributed by atoms with van der Waals surface area (Å²) in [6, 6.07) is 56.4. The van der Waals surface area contributed by atoms with E-state index in [9.17, 15) is 0 Å². The Morgan fingerprint density at radius 2 is 0.750 bits per heavy atom. The number of benzene rings is 8. The van der Waals surface area contributed by atoms with Crippen molar-refractivity contribution in [1.82, 2.24) is 0 Å². The molecule has 8 aromatic rings. The zero-order valence-electron chi connectivity index (χ0n) is 32.1. The van der Waals surface area contributed by atoms with Crippen LogP contribution < -0.4 is 0 Å². The second-order valence-electron chi connectivity index (χ2n) is 17.5. The largest absolute Gasteiger partial charge is 0.0945 e. The molecule has 56 heavy (non-hydrogen) atoms. The van der Waals surface area contributed by atoms with E-state index >= 15 is 0 Å². The molecule has 8 aromatic carbocycles. The minimum Gasteiger partial charge on any atom is -0.0945 e. The first kappa shape index (κ1) is 33.8. The van der Waals surface area contributed by atoms with Crippen molar-refractivity contribution in [2.24, 2.45) is 11.8 Å². The molecule has 0 nitrogen and oxygen atoms in total. The Morgan fingerprint density at radius 3 is 1.18 bits per heavy atom. The third-order valence-corrected chi connectivity index (χ3v) is 20.7. The van der Waals surface area contributed by atoms with Crippen molar-refractivity contribution in [3.8, 4) is 22.3 Å². The molecule has 2 unspecified atom stereocenters. The summed E-state index contributed by atoms with van der Waals surface area (Å²) in [5.74, 6) is 1.79. The van der Waals surface area contributed by atoms with Gasteiger partial charge < -0.3 is 0 Å². The second kappa shape index (κ2) is 13.7. The summed E-state index contributed by atoms with van der Waals surface area (Å²) in [6.07, 6.45) is 13.8. The first-order valence-corrected chi connectivity index (χ1v) is 24.8. The van der Waals surface area contributed by atoms with E-state index in [-0.39, 0.29) is 15.8 Å². The molecule has 2 heteroatoms. The van der Waals surface area contributed by atoms with Crippen LogP contribution in [0.25, 0.3) is 65.3 Å². The van der Waals surface area contributed by atoms with E-state index in [0.29, 0.717) is 0 Å². The van der Waals surface area contributed by atoms with Crippen molar-refractivity contribution in [2.75, 3.05) is 0 Å². The minimum absolute atomic E-state index is 0.156. The molecule has 0 bridgehead atoms. The van der Waals surface area contributed by atoms with Crippen LogP contribution in [0.3, 0.4) is 0 Å². The number of hydrogen-bond donors (Lipinski definition) is 0. The Kier molecular flexibility index (Phi) is 8.23. The lowest BCUT2D eigenvalue weighted by Gasteiger charge is -2.33. The quantitative estimate of drug-likeness (QED) is 0.157. The van der Waals surface area contributed by atoms with Gasteiger partial charge in [-0.05, 0) is 168 Å². The van der Waals surface area contributed by atoms with E-state index in [1.54, 1.807) is 22.3 Å². The molecule has 0 spiro atoms. The molecule has 2 heterocycles. The summed E-state index contributed by atoms with van der Waals surface area (Å²) in [4.78, 5) is 0. The Hall–Kier alpha value is -4.34. The molecule has 0 aromatic heterocycles. The van der Waals surface area contributed by atoms with Crippen molar-refractivity contribution in [3.05, 3.63) is 168 Å². The van der Waals surface area contributed by atoms with E-state index < -0.39 is 0 Å². The van der Waals surface area contributed by atoms with Crippen LogP contribution in [0.4, 0.5) is 0 Å². The highest BCUT2D eigenvalue weighted by atomic mass is 31.1. The summed E-state index contributed by atoms with van der Waals surface area (Å²) in [7, 11) is -0.326. The zero-order valence-corrected chi connectivity index (χ0v) is 33.9. The van der Waals surface area contributed by atoms with E-state index in [4.69, 9.17) is 0 Å². The smallest absolute Gasteiger partial charge is 0.00606 e. The SMILES string of the molecule is c1ccc2c3c(ccc2c1)CP([C@@H]1CCC(C2CCC[C@H]2P2Cc4ccc5ccccc5c4-c4c(ccc5ccccc45)C2)C1)Cc1ccc2ccccc2c1-3. The van der Waals surface area contributed by atoms with Crippen LogP contribution in [0.5, 0.6) is 0 Å². The second-order valence-corrected chi connectivity index (χ2v) is 22.5. The fourth-order valence-corrected chi connectivity index (χ4v) is 18.7. The van der Waals surface area contributed by atoms with Gasteiger partial charge in [0.15, 0.2) is 0 Å². The molecular weight excluding hydrogens is 711 g/mol. The van der Waals surface area contributed by atoms with Gasteiger partial charge in [-0.2, -0.15) is 0 Å². The lowest BCUT2D eigenvalue weighted by molar-refractivity contribution is 0.352. The lowest BCUT2D eigenvalue weighted by Crippen LogP contribution is -2.22. The summed E-state index contributed by atoms with van der Waals surface area (Å²) in [5.41, 5.74) is 14.3. The first-order valence-electron chi connectivity index (χ1n) is 21.3. The molecule has 0 N–H and O–H groups in total. The molecule has 12 rings (SSSR count). The average Bonchev–Trinajstić information content (AvgIpc) is 3.86. The first-order chi connectivity index (χ1) is 27.7.